The van der Waals surface area contributed by atoms with Gasteiger partial charge in [0.05, 0.1) is 16.9 Å². The van der Waals surface area contributed by atoms with Gasteiger partial charge in [0, 0.05) is 33.4 Å². The van der Waals surface area contributed by atoms with Gasteiger partial charge in [0.15, 0.2) is 0 Å². The topological polar surface area (TPSA) is 94.4 Å². The lowest BCUT2D eigenvalue weighted by atomic mass is 9.82. The van der Waals surface area contributed by atoms with Crippen molar-refractivity contribution < 1.29 is 9.59 Å². The first kappa shape index (κ1) is 24.5. The van der Waals surface area contributed by atoms with Crippen molar-refractivity contribution in [2.75, 3.05) is 16.4 Å². The molecule has 2 N–H and O–H groups in total. The van der Waals surface area contributed by atoms with E-state index < -0.39 is 11.8 Å². The third kappa shape index (κ3) is 5.88. The highest BCUT2D eigenvalue weighted by molar-refractivity contribution is 8.14. The maximum Gasteiger partial charge on any atom is 0.254 e. The first-order chi connectivity index (χ1) is 17.0. The number of nitrogens with one attached hydrogen (secondary N) is 2. The second kappa shape index (κ2) is 11.2. The van der Waals surface area contributed by atoms with Gasteiger partial charge in [0.2, 0.25) is 5.91 Å². The van der Waals surface area contributed by atoms with Gasteiger partial charge in [-0.2, -0.15) is 5.26 Å². The van der Waals surface area contributed by atoms with Crippen molar-refractivity contribution in [3.8, 4) is 6.07 Å². The Balaban J connectivity index is 1.58. The van der Waals surface area contributed by atoms with Crippen molar-refractivity contribution in [3.63, 3.8) is 0 Å². The number of hydrogen-bond donors (Lipinski definition) is 2. The van der Waals surface area contributed by atoms with Crippen LogP contribution < -0.4 is 10.6 Å². The zero-order valence-electron chi connectivity index (χ0n) is 19.3. The lowest BCUT2D eigenvalue weighted by Crippen LogP contribution is -2.31. The van der Waals surface area contributed by atoms with Gasteiger partial charge >= 0.3 is 0 Å². The van der Waals surface area contributed by atoms with Gasteiger partial charge in [-0.25, -0.2) is 4.99 Å². The Kier molecular flexibility index (Phi) is 7.80. The molecule has 2 aromatic carbocycles. The minimum atomic E-state index is -0.675. The Labute approximate surface area is 212 Å². The lowest BCUT2D eigenvalue weighted by molar-refractivity contribution is -0.114. The molecule has 0 saturated carbocycles. The van der Waals surface area contributed by atoms with Crippen LogP contribution in [0.1, 0.15) is 23.3 Å². The maximum absolute atomic E-state index is 13.3. The van der Waals surface area contributed by atoms with Crippen LogP contribution in [-0.2, 0) is 9.59 Å². The third-order valence-electron chi connectivity index (χ3n) is 5.53. The van der Waals surface area contributed by atoms with E-state index in [0.29, 0.717) is 22.0 Å². The molecule has 0 bridgehead atoms. The molecular weight excluding hydrogens is 476 g/mol. The monoisotopic (exact) mass is 500 g/mol. The van der Waals surface area contributed by atoms with Gasteiger partial charge in [-0.3, -0.25) is 9.59 Å². The Morgan fingerprint density at radius 1 is 1.00 bits per heavy atom. The van der Waals surface area contributed by atoms with E-state index in [9.17, 15) is 14.9 Å². The summed E-state index contributed by atoms with van der Waals surface area (Å²) in [5.41, 5.74) is 3.52. The predicted molar refractivity (Wildman–Crippen MR) is 144 cm³/mol. The molecule has 0 saturated heterocycles. The van der Waals surface area contributed by atoms with E-state index in [-0.39, 0.29) is 17.6 Å². The van der Waals surface area contributed by atoms with Gasteiger partial charge in [-0.05, 0) is 49.6 Å². The summed E-state index contributed by atoms with van der Waals surface area (Å²) in [5, 5.41) is 18.4. The number of para-hydroxylation sites is 1. The van der Waals surface area contributed by atoms with Crippen LogP contribution in [0.4, 0.5) is 11.4 Å². The smallest absolute Gasteiger partial charge is 0.254 e. The molecule has 6 nitrogen and oxygen atoms in total. The molecule has 1 aliphatic rings. The molecule has 1 aromatic heterocycles. The number of thioether (sulfide) groups is 1. The molecule has 0 spiro atoms. The number of nitrogens with zero attached hydrogens (tertiary/aromatic N) is 2. The van der Waals surface area contributed by atoms with Crippen molar-refractivity contribution in [2.24, 2.45) is 10.9 Å². The van der Waals surface area contributed by atoms with Crippen LogP contribution >= 0.6 is 23.1 Å². The van der Waals surface area contributed by atoms with Gasteiger partial charge < -0.3 is 10.6 Å². The molecule has 2 atom stereocenters. The third-order valence-corrected chi connectivity index (χ3v) is 7.53. The first-order valence-corrected chi connectivity index (χ1v) is 12.9. The number of amides is 2. The number of rotatable bonds is 6. The van der Waals surface area contributed by atoms with Gasteiger partial charge in [-0.1, -0.05) is 53.7 Å². The van der Waals surface area contributed by atoms with Crippen LogP contribution in [-0.4, -0.2) is 22.6 Å². The molecule has 0 aliphatic carbocycles. The SMILES string of the molecule is CC1=C(C(=O)Nc2ccccc2)C(c2cccs2)C(C#N)C(SCC(=O)Nc2ccc(C)cc2)=N1. The second-order valence-corrected chi connectivity index (χ2v) is 10.0. The predicted octanol–water partition coefficient (Wildman–Crippen LogP) is 5.98. The molecule has 3 aromatic rings. The fourth-order valence-electron chi connectivity index (χ4n) is 3.85. The van der Waals surface area contributed by atoms with E-state index in [1.165, 1.54) is 23.1 Å². The summed E-state index contributed by atoms with van der Waals surface area (Å²) in [5.74, 6) is -1.49. The standard InChI is InChI=1S/C27H24N4O2S2/c1-17-10-12-20(13-11-17)30-23(32)16-35-27-21(15-28)25(22-9-6-14-34-22)24(18(2)29-27)26(33)31-19-7-4-3-5-8-19/h3-14,21,25H,16H2,1-2H3,(H,30,32)(H,31,33). The highest BCUT2D eigenvalue weighted by Gasteiger charge is 2.39. The number of carbonyl (C=O) groups is 2. The zero-order chi connectivity index (χ0) is 24.8. The van der Waals surface area contributed by atoms with Gasteiger partial charge in [0.1, 0.15) is 5.92 Å². The normalized spacial score (nSPS) is 17.3. The van der Waals surface area contributed by atoms with Gasteiger partial charge in [-0.15, -0.1) is 11.3 Å². The minimum absolute atomic E-state index is 0.112. The van der Waals surface area contributed by atoms with E-state index in [4.69, 9.17) is 0 Å². The number of carbonyl (C=O) groups excluding carboxylic acids is 2. The van der Waals surface area contributed by atoms with E-state index in [2.05, 4.69) is 21.7 Å². The number of allylic oxidation sites excluding steroid dienone is 1. The van der Waals surface area contributed by atoms with Crippen LogP contribution in [0, 0.1) is 24.2 Å². The van der Waals surface area contributed by atoms with Crippen molar-refractivity contribution in [2.45, 2.75) is 19.8 Å². The van der Waals surface area contributed by atoms with Crippen LogP contribution in [0.3, 0.4) is 0 Å². The Morgan fingerprint density at radius 3 is 2.37 bits per heavy atom. The molecule has 2 amide bonds. The zero-order valence-corrected chi connectivity index (χ0v) is 21.0. The summed E-state index contributed by atoms with van der Waals surface area (Å²) in [6, 6.07) is 23.0. The van der Waals surface area contributed by atoms with Crippen LogP contribution in [0.25, 0.3) is 0 Å². The second-order valence-electron chi connectivity index (χ2n) is 8.07. The quantitative estimate of drug-likeness (QED) is 0.436. The summed E-state index contributed by atoms with van der Waals surface area (Å²) in [4.78, 5) is 31.4. The molecule has 35 heavy (non-hydrogen) atoms. The maximum atomic E-state index is 13.3. The summed E-state index contributed by atoms with van der Waals surface area (Å²) in [6.07, 6.45) is 0. The number of hydrogen-bond acceptors (Lipinski definition) is 6. The number of thiophene rings is 1. The molecule has 2 unspecified atom stereocenters. The van der Waals surface area contributed by atoms with Crippen molar-refractivity contribution in [3.05, 3.63) is 93.8 Å². The lowest BCUT2D eigenvalue weighted by Gasteiger charge is -2.29. The van der Waals surface area contributed by atoms with Crippen LogP contribution in [0.15, 0.2) is 88.4 Å². The number of aliphatic imine (C=N–C) groups is 1. The van der Waals surface area contributed by atoms with Crippen LogP contribution in [0.2, 0.25) is 0 Å². The van der Waals surface area contributed by atoms with Crippen molar-refractivity contribution >= 4 is 51.3 Å². The fraction of sp³-hybridized carbons (Fsp3) is 0.185. The highest BCUT2D eigenvalue weighted by Crippen LogP contribution is 2.43. The molecule has 176 valence electrons. The summed E-state index contributed by atoms with van der Waals surface area (Å²) < 4.78 is 0. The van der Waals surface area contributed by atoms with E-state index in [1.54, 1.807) is 6.92 Å². The molecule has 1 aliphatic heterocycles. The van der Waals surface area contributed by atoms with Gasteiger partial charge in [0.25, 0.3) is 5.91 Å². The van der Waals surface area contributed by atoms with E-state index >= 15 is 0 Å². The summed E-state index contributed by atoms with van der Waals surface area (Å²) in [6.45, 7) is 3.76. The Bertz CT molecular complexity index is 1310. The molecule has 8 heteroatoms. The number of benzene rings is 2. The highest BCUT2D eigenvalue weighted by atomic mass is 32.2. The minimum Gasteiger partial charge on any atom is -0.325 e. The number of aryl methyl sites for hydroxylation is 1. The molecule has 4 rings (SSSR count). The summed E-state index contributed by atoms with van der Waals surface area (Å²) in [7, 11) is 0. The Morgan fingerprint density at radius 2 is 1.71 bits per heavy atom. The Hall–Kier alpha value is -3.67. The van der Waals surface area contributed by atoms with Crippen LogP contribution in [0.5, 0.6) is 0 Å². The number of nitriles is 1. The average Bonchev–Trinajstić information content (AvgIpc) is 3.39. The largest absolute Gasteiger partial charge is 0.325 e. The molecule has 0 radical (unpaired) electrons. The molecule has 0 fully saturated rings. The number of anilines is 2. The molecular formula is C27H24N4O2S2. The fourth-order valence-corrected chi connectivity index (χ4v) is 5.65. The molecule has 2 heterocycles. The van der Waals surface area contributed by atoms with Crippen molar-refractivity contribution in [1.82, 2.24) is 0 Å². The summed E-state index contributed by atoms with van der Waals surface area (Å²) >= 11 is 2.74. The average molecular weight is 501 g/mol. The van der Waals surface area contributed by atoms with Crippen molar-refractivity contribution in [1.29, 1.82) is 5.26 Å². The first-order valence-electron chi connectivity index (χ1n) is 11.0. The van der Waals surface area contributed by atoms with E-state index in [1.807, 2.05) is 79.0 Å². The van der Waals surface area contributed by atoms with E-state index in [0.717, 1.165) is 16.1 Å².